The van der Waals surface area contributed by atoms with Crippen LogP contribution in [0.2, 0.25) is 0 Å². The van der Waals surface area contributed by atoms with E-state index in [0.29, 0.717) is 19.3 Å². The number of aryl methyl sites for hydroxylation is 1. The van der Waals surface area contributed by atoms with Gasteiger partial charge in [0, 0.05) is 28.0 Å². The zero-order valence-corrected chi connectivity index (χ0v) is 21.3. The van der Waals surface area contributed by atoms with Crippen molar-refractivity contribution in [3.05, 3.63) is 64.2 Å². The highest BCUT2D eigenvalue weighted by atomic mass is 32.2. The van der Waals surface area contributed by atoms with Crippen LogP contribution >= 0.6 is 0 Å². The van der Waals surface area contributed by atoms with Crippen molar-refractivity contribution in [3.63, 3.8) is 0 Å². The monoisotopic (exact) mass is 553 g/mol. The van der Waals surface area contributed by atoms with Gasteiger partial charge in [-0.15, -0.1) is 10.2 Å². The van der Waals surface area contributed by atoms with Crippen LogP contribution in [0.15, 0.2) is 35.2 Å². The standard InChI is InChI=1S/C24H23F4N5O4S/c1-12-10-16(23(35)8-5-9-23)19(25)31-21(12)37-22-17(13(2)18(32-33-22)24(26,27)28)20(34)30-14-6-4-7-15(11-14)38(3,29)36/h4,6-7,10-11,29,35H,5,8-9H2,1-3H3,(H,30,34). The molecular weight excluding hydrogens is 530 g/mol. The van der Waals surface area contributed by atoms with Crippen molar-refractivity contribution in [2.45, 2.75) is 49.8 Å². The second-order valence-corrected chi connectivity index (χ2v) is 11.3. The maximum Gasteiger partial charge on any atom is 0.435 e. The number of aromatic nitrogens is 3. The fourth-order valence-electron chi connectivity index (χ4n) is 3.99. The van der Waals surface area contributed by atoms with Crippen molar-refractivity contribution in [1.82, 2.24) is 15.2 Å². The van der Waals surface area contributed by atoms with E-state index >= 15 is 0 Å². The van der Waals surface area contributed by atoms with E-state index in [2.05, 4.69) is 20.5 Å². The first-order valence-electron chi connectivity index (χ1n) is 11.3. The Morgan fingerprint density at radius 3 is 2.45 bits per heavy atom. The van der Waals surface area contributed by atoms with Crippen LogP contribution in [0, 0.1) is 24.6 Å². The largest absolute Gasteiger partial charge is 0.435 e. The van der Waals surface area contributed by atoms with Gasteiger partial charge in [0.1, 0.15) is 5.56 Å². The molecule has 0 saturated heterocycles. The number of rotatable bonds is 6. The molecule has 2 heterocycles. The number of hydrogen-bond donors (Lipinski definition) is 3. The number of nitrogens with one attached hydrogen (secondary N) is 2. The molecule has 0 spiro atoms. The molecule has 1 atom stereocenters. The maximum atomic E-state index is 14.8. The Balaban J connectivity index is 1.76. The quantitative estimate of drug-likeness (QED) is 0.285. The number of halogens is 4. The van der Waals surface area contributed by atoms with E-state index < -0.39 is 56.1 Å². The minimum Gasteiger partial charge on any atom is -0.418 e. The van der Waals surface area contributed by atoms with Crippen molar-refractivity contribution in [3.8, 4) is 11.8 Å². The summed E-state index contributed by atoms with van der Waals surface area (Å²) in [7, 11) is -3.14. The van der Waals surface area contributed by atoms with Crippen molar-refractivity contribution in [1.29, 1.82) is 4.78 Å². The number of carbonyl (C=O) groups excluding carboxylic acids is 1. The van der Waals surface area contributed by atoms with Gasteiger partial charge in [-0.3, -0.25) is 4.79 Å². The van der Waals surface area contributed by atoms with Gasteiger partial charge in [-0.1, -0.05) is 6.07 Å². The number of alkyl halides is 3. The Morgan fingerprint density at radius 1 is 1.18 bits per heavy atom. The molecule has 0 bridgehead atoms. The molecule has 1 aromatic carbocycles. The number of ether oxygens (including phenoxy) is 1. The first kappa shape index (κ1) is 27.4. The average Bonchev–Trinajstić information content (AvgIpc) is 2.78. The Hall–Kier alpha value is -3.65. The number of aliphatic hydroxyl groups is 1. The van der Waals surface area contributed by atoms with Gasteiger partial charge < -0.3 is 15.2 Å². The van der Waals surface area contributed by atoms with Gasteiger partial charge in [-0.2, -0.15) is 22.5 Å². The molecule has 14 heteroatoms. The van der Waals surface area contributed by atoms with Crippen LogP contribution < -0.4 is 10.1 Å². The van der Waals surface area contributed by atoms with Gasteiger partial charge in [0.15, 0.2) is 5.69 Å². The van der Waals surface area contributed by atoms with E-state index in [1.165, 1.54) is 43.5 Å². The topological polar surface area (TPSA) is 138 Å². The Bertz CT molecular complexity index is 1540. The second-order valence-electron chi connectivity index (χ2n) is 9.11. The van der Waals surface area contributed by atoms with Crippen molar-refractivity contribution in [2.75, 3.05) is 11.6 Å². The van der Waals surface area contributed by atoms with Gasteiger partial charge in [-0.05, 0) is 62.9 Å². The van der Waals surface area contributed by atoms with Crippen LogP contribution in [0.25, 0.3) is 0 Å². The minimum atomic E-state index is -4.94. The molecule has 202 valence electrons. The van der Waals surface area contributed by atoms with Crippen LogP contribution in [0.1, 0.15) is 52.0 Å². The predicted octanol–water partition coefficient (Wildman–Crippen LogP) is 5.10. The third-order valence-corrected chi connectivity index (χ3v) is 7.37. The van der Waals surface area contributed by atoms with Gasteiger partial charge in [-0.25, -0.2) is 8.99 Å². The lowest BCUT2D eigenvalue weighted by Crippen LogP contribution is -2.35. The SMILES string of the molecule is Cc1cc(C2(O)CCC2)c(F)nc1Oc1nnc(C(F)(F)F)c(C)c1C(=O)Nc1cccc(S(C)(=N)=O)c1. The summed E-state index contributed by atoms with van der Waals surface area (Å²) in [4.78, 5) is 17.0. The van der Waals surface area contributed by atoms with Crippen LogP contribution in [-0.4, -0.2) is 36.7 Å². The third-order valence-electron chi connectivity index (χ3n) is 6.22. The molecule has 3 aromatic rings. The van der Waals surface area contributed by atoms with Crippen molar-refractivity contribution < 1.29 is 36.4 Å². The van der Waals surface area contributed by atoms with Gasteiger partial charge >= 0.3 is 6.18 Å². The molecule has 0 radical (unpaired) electrons. The number of benzene rings is 1. The summed E-state index contributed by atoms with van der Waals surface area (Å²) in [5.74, 6) is -3.13. The zero-order chi connectivity index (χ0) is 28.0. The normalized spacial score (nSPS) is 16.3. The number of amides is 1. The molecule has 9 nitrogen and oxygen atoms in total. The first-order valence-corrected chi connectivity index (χ1v) is 13.2. The average molecular weight is 554 g/mol. The Labute approximate surface area is 215 Å². The van der Waals surface area contributed by atoms with Crippen LogP contribution in [0.4, 0.5) is 23.2 Å². The van der Waals surface area contributed by atoms with Gasteiger partial charge in [0.05, 0.1) is 15.3 Å². The number of nitrogens with zero attached hydrogens (tertiary/aromatic N) is 3. The summed E-state index contributed by atoms with van der Waals surface area (Å²) in [5, 5.41) is 19.5. The molecule has 38 heavy (non-hydrogen) atoms. The molecule has 4 rings (SSSR count). The smallest absolute Gasteiger partial charge is 0.418 e. The molecule has 1 amide bonds. The van der Waals surface area contributed by atoms with E-state index in [1.807, 2.05) is 0 Å². The fraction of sp³-hybridized carbons (Fsp3) is 0.333. The highest BCUT2D eigenvalue weighted by molar-refractivity contribution is 7.91. The minimum absolute atomic E-state index is 0.0250. The number of pyridine rings is 1. The van der Waals surface area contributed by atoms with Crippen LogP contribution in [0.5, 0.6) is 11.8 Å². The highest BCUT2D eigenvalue weighted by Gasteiger charge is 2.40. The lowest BCUT2D eigenvalue weighted by atomic mass is 9.75. The maximum absolute atomic E-state index is 14.8. The zero-order valence-electron chi connectivity index (χ0n) is 20.4. The molecular formula is C24H23F4N5O4S. The van der Waals surface area contributed by atoms with E-state index in [1.54, 1.807) is 0 Å². The van der Waals surface area contributed by atoms with E-state index in [4.69, 9.17) is 9.52 Å². The summed E-state index contributed by atoms with van der Waals surface area (Å²) in [5.41, 5.74) is -3.74. The number of carbonyl (C=O) groups is 1. The van der Waals surface area contributed by atoms with E-state index in [0.717, 1.165) is 6.92 Å². The highest BCUT2D eigenvalue weighted by Crippen LogP contribution is 2.43. The Morgan fingerprint density at radius 2 is 1.87 bits per heavy atom. The van der Waals surface area contributed by atoms with E-state index in [-0.39, 0.29) is 27.6 Å². The second kappa shape index (κ2) is 9.58. The van der Waals surface area contributed by atoms with Crippen molar-refractivity contribution in [2.24, 2.45) is 0 Å². The number of anilines is 1. The third kappa shape index (κ3) is 5.31. The summed E-state index contributed by atoms with van der Waals surface area (Å²) in [6.45, 7) is 2.50. The van der Waals surface area contributed by atoms with Gasteiger partial charge in [0.2, 0.25) is 11.8 Å². The van der Waals surface area contributed by atoms with Crippen LogP contribution in [-0.2, 0) is 21.5 Å². The number of hydrogen-bond acceptors (Lipinski definition) is 8. The van der Waals surface area contributed by atoms with Gasteiger partial charge in [0.25, 0.3) is 11.8 Å². The molecule has 2 aromatic heterocycles. The molecule has 0 aliphatic heterocycles. The first-order chi connectivity index (χ1) is 17.6. The summed E-state index contributed by atoms with van der Waals surface area (Å²) < 4.78 is 80.8. The van der Waals surface area contributed by atoms with Crippen molar-refractivity contribution >= 4 is 21.3 Å². The fourth-order valence-corrected chi connectivity index (χ4v) is 4.68. The molecule has 1 unspecified atom stereocenters. The molecule has 1 saturated carbocycles. The van der Waals surface area contributed by atoms with Crippen LogP contribution in [0.3, 0.4) is 0 Å². The molecule has 1 aliphatic rings. The molecule has 1 fully saturated rings. The summed E-state index contributed by atoms with van der Waals surface area (Å²) >= 11 is 0. The lowest BCUT2D eigenvalue weighted by Gasteiger charge is -2.37. The molecule has 3 N–H and O–H groups in total. The Kier molecular flexibility index (Phi) is 6.91. The molecule has 1 aliphatic carbocycles. The lowest BCUT2D eigenvalue weighted by molar-refractivity contribution is -0.142. The summed E-state index contributed by atoms with van der Waals surface area (Å²) in [6, 6.07) is 6.81. The van der Waals surface area contributed by atoms with E-state index in [9.17, 15) is 31.7 Å². The summed E-state index contributed by atoms with van der Waals surface area (Å²) in [6.07, 6.45) is -2.34. The predicted molar refractivity (Wildman–Crippen MR) is 128 cm³/mol.